The number of ether oxygens (including phenoxy) is 6. The van der Waals surface area contributed by atoms with Gasteiger partial charge in [-0.2, -0.15) is 0 Å². The Morgan fingerprint density at radius 2 is 0.863 bits per heavy atom. The second kappa shape index (κ2) is 43.6. The number of carbonyl (C=O) groups is 1. The molecule has 460 valence electrons. The van der Waals surface area contributed by atoms with Crippen LogP contribution in [-0.2, 0) is 33.2 Å². The van der Waals surface area contributed by atoms with Gasteiger partial charge in [-0.05, 0) is 70.6 Å². The molecule has 3 aliphatic rings. The van der Waals surface area contributed by atoms with Gasteiger partial charge in [-0.15, -0.1) is 0 Å². The van der Waals surface area contributed by atoms with Gasteiger partial charge in [-0.3, -0.25) is 4.79 Å². The molecule has 0 aromatic carbocycles. The molecule has 0 aromatic rings. The van der Waals surface area contributed by atoms with Gasteiger partial charge in [0.1, 0.15) is 73.2 Å². The van der Waals surface area contributed by atoms with Crippen molar-refractivity contribution in [1.82, 2.24) is 5.32 Å². The number of hydrogen-bond donors (Lipinski definition) is 12. The van der Waals surface area contributed by atoms with Crippen LogP contribution in [0.15, 0.2) is 85.1 Å². The summed E-state index contributed by atoms with van der Waals surface area (Å²) in [5.74, 6) is -0.306. The van der Waals surface area contributed by atoms with Crippen LogP contribution in [0.2, 0.25) is 0 Å². The van der Waals surface area contributed by atoms with Crippen LogP contribution in [0.5, 0.6) is 0 Å². The molecular weight excluding hydrogens is 1030 g/mol. The molecule has 1 amide bonds. The number of aliphatic hydroxyl groups excluding tert-OH is 11. The highest BCUT2D eigenvalue weighted by atomic mass is 16.8. The molecule has 0 bridgehead atoms. The van der Waals surface area contributed by atoms with Crippen molar-refractivity contribution in [3.8, 4) is 0 Å². The van der Waals surface area contributed by atoms with Crippen LogP contribution in [0.4, 0.5) is 0 Å². The summed E-state index contributed by atoms with van der Waals surface area (Å²) in [7, 11) is 0. The van der Waals surface area contributed by atoms with Gasteiger partial charge in [0.2, 0.25) is 5.91 Å². The van der Waals surface area contributed by atoms with Crippen molar-refractivity contribution in [2.45, 2.75) is 266 Å². The Morgan fingerprint density at radius 1 is 0.463 bits per heavy atom. The molecule has 0 aromatic heterocycles. The number of allylic oxidation sites excluding steroid dienone is 13. The van der Waals surface area contributed by atoms with Crippen LogP contribution in [0.25, 0.3) is 0 Å². The summed E-state index contributed by atoms with van der Waals surface area (Å²) in [5.41, 5.74) is 0. The molecule has 12 N–H and O–H groups in total. The molecule has 17 unspecified atom stereocenters. The van der Waals surface area contributed by atoms with Crippen molar-refractivity contribution in [1.29, 1.82) is 0 Å². The summed E-state index contributed by atoms with van der Waals surface area (Å²) in [6, 6.07) is -0.991. The fraction of sp³-hybridized carbons (Fsp3) is 0.754. The second-order valence-corrected chi connectivity index (χ2v) is 21.1. The molecular formula is C61H103NO18. The van der Waals surface area contributed by atoms with Crippen LogP contribution in [0.3, 0.4) is 0 Å². The van der Waals surface area contributed by atoms with E-state index in [4.69, 9.17) is 28.4 Å². The molecule has 0 aliphatic carbocycles. The minimum atomic E-state index is -1.98. The molecule has 0 radical (unpaired) electrons. The highest BCUT2D eigenvalue weighted by molar-refractivity contribution is 5.76. The van der Waals surface area contributed by atoms with E-state index in [-0.39, 0.29) is 18.9 Å². The fourth-order valence-corrected chi connectivity index (χ4v) is 9.54. The lowest BCUT2D eigenvalue weighted by molar-refractivity contribution is -0.379. The van der Waals surface area contributed by atoms with Crippen LogP contribution < -0.4 is 5.32 Å². The molecule has 19 heteroatoms. The van der Waals surface area contributed by atoms with Crippen LogP contribution in [0, 0.1) is 0 Å². The molecule has 3 rings (SSSR count). The summed E-state index contributed by atoms with van der Waals surface area (Å²) < 4.78 is 34.2. The summed E-state index contributed by atoms with van der Waals surface area (Å²) in [6.07, 6.45) is 25.6. The lowest BCUT2D eigenvalue weighted by Gasteiger charge is -2.48. The zero-order valence-corrected chi connectivity index (χ0v) is 47.8. The number of rotatable bonds is 42. The molecule has 0 spiro atoms. The van der Waals surface area contributed by atoms with Gasteiger partial charge >= 0.3 is 0 Å². The van der Waals surface area contributed by atoms with Crippen molar-refractivity contribution in [3.63, 3.8) is 0 Å². The lowest BCUT2D eigenvalue weighted by Crippen LogP contribution is -2.66. The normalized spacial score (nSPS) is 30.6. The number of carbonyl (C=O) groups excluding carboxylic acids is 1. The molecule has 3 aliphatic heterocycles. The molecule has 3 heterocycles. The Labute approximate surface area is 476 Å². The minimum absolute atomic E-state index is 0.208. The molecule has 17 atom stereocenters. The highest BCUT2D eigenvalue weighted by Gasteiger charge is 2.53. The highest BCUT2D eigenvalue weighted by Crippen LogP contribution is 2.33. The molecule has 3 saturated heterocycles. The topological polar surface area (TPSA) is 307 Å². The van der Waals surface area contributed by atoms with Gasteiger partial charge in [-0.25, -0.2) is 0 Å². The first-order chi connectivity index (χ1) is 38.8. The standard InChI is InChI=1S/C61H103NO18/c1-3-5-7-9-11-13-15-17-18-19-20-21-22-23-24-25-26-27-29-31-33-35-37-39-49(67)62-44(45(66)38-36-34-32-30-28-16-14-12-10-8-6-4-2)43-75-59-55(73)52(70)57(47(41-64)77-59)80-61-56(74)53(71)58(48(42-65)78-61)79-60-54(72)51(69)50(68)46(40-63)76-60/h5,7,11,13,17-18,20-21,23-24,26-27,36,38,44-48,50-61,63-66,68-74H,3-4,6,8-10,12,14-16,19,22,25,28-35,37,39-43H2,1-2H3,(H,62,67)/b7-5-,13-11-,18-17-,21-20-,24-23-,27-26-,38-36+. The third kappa shape index (κ3) is 27.1. The van der Waals surface area contributed by atoms with Crippen molar-refractivity contribution in [2.24, 2.45) is 0 Å². The van der Waals surface area contributed by atoms with Gasteiger partial charge < -0.3 is 89.9 Å². The predicted molar refractivity (Wildman–Crippen MR) is 304 cm³/mol. The van der Waals surface area contributed by atoms with Crippen LogP contribution in [0.1, 0.15) is 162 Å². The first kappa shape index (κ1) is 71.2. The van der Waals surface area contributed by atoms with E-state index in [1.54, 1.807) is 6.08 Å². The predicted octanol–water partition coefficient (Wildman–Crippen LogP) is 5.20. The van der Waals surface area contributed by atoms with Crippen molar-refractivity contribution < 1.29 is 89.4 Å². The van der Waals surface area contributed by atoms with Crippen molar-refractivity contribution in [2.75, 3.05) is 26.4 Å². The fourth-order valence-electron chi connectivity index (χ4n) is 9.54. The van der Waals surface area contributed by atoms with E-state index in [1.165, 1.54) is 44.9 Å². The van der Waals surface area contributed by atoms with E-state index in [1.807, 2.05) is 6.08 Å². The van der Waals surface area contributed by atoms with E-state index < -0.39 is 124 Å². The van der Waals surface area contributed by atoms with Crippen molar-refractivity contribution >= 4 is 5.91 Å². The van der Waals surface area contributed by atoms with Crippen LogP contribution in [-0.4, -0.2) is 193 Å². The Morgan fingerprint density at radius 3 is 1.35 bits per heavy atom. The summed E-state index contributed by atoms with van der Waals surface area (Å²) >= 11 is 0. The van der Waals surface area contributed by atoms with Gasteiger partial charge in [-0.1, -0.05) is 170 Å². The number of aliphatic hydroxyl groups is 11. The summed E-state index contributed by atoms with van der Waals surface area (Å²) in [6.45, 7) is 1.54. The maximum absolute atomic E-state index is 13.3. The maximum Gasteiger partial charge on any atom is 0.220 e. The van der Waals surface area contributed by atoms with E-state index in [9.17, 15) is 61.0 Å². The average molecular weight is 1140 g/mol. The molecule has 19 nitrogen and oxygen atoms in total. The largest absolute Gasteiger partial charge is 0.394 e. The zero-order chi connectivity index (χ0) is 58.3. The third-order valence-electron chi connectivity index (χ3n) is 14.4. The van der Waals surface area contributed by atoms with Gasteiger partial charge in [0.25, 0.3) is 0 Å². The zero-order valence-electron chi connectivity index (χ0n) is 47.8. The molecule has 3 fully saturated rings. The SMILES string of the molecule is CC/C=C\C/C=C\C/C=C\C/C=C\C/C=C\C/C=C\CCCCCCC(=O)NC(COC1OC(CO)C(OC2OC(CO)C(OC3OC(CO)C(O)C(O)C3O)C(O)C2O)C(O)C1O)C(O)/C=C/CCCCCCCCCCCC. The monoisotopic (exact) mass is 1140 g/mol. The Kier molecular flexibility index (Phi) is 38.8. The smallest absolute Gasteiger partial charge is 0.220 e. The third-order valence-corrected chi connectivity index (χ3v) is 14.4. The van der Waals surface area contributed by atoms with Gasteiger partial charge in [0.05, 0.1) is 38.6 Å². The van der Waals surface area contributed by atoms with E-state index in [2.05, 4.69) is 92.1 Å². The second-order valence-electron chi connectivity index (χ2n) is 21.1. The number of hydrogen-bond acceptors (Lipinski definition) is 18. The summed E-state index contributed by atoms with van der Waals surface area (Å²) in [5, 5.41) is 120. The summed E-state index contributed by atoms with van der Waals surface area (Å²) in [4.78, 5) is 13.3. The van der Waals surface area contributed by atoms with E-state index >= 15 is 0 Å². The number of unbranched alkanes of at least 4 members (excludes halogenated alkanes) is 14. The first-order valence-electron chi connectivity index (χ1n) is 29.8. The lowest BCUT2D eigenvalue weighted by atomic mass is 9.96. The van der Waals surface area contributed by atoms with Gasteiger partial charge in [0.15, 0.2) is 18.9 Å². The quantitative estimate of drug-likeness (QED) is 0.0276. The van der Waals surface area contributed by atoms with Crippen molar-refractivity contribution in [3.05, 3.63) is 85.1 Å². The minimum Gasteiger partial charge on any atom is -0.394 e. The van der Waals surface area contributed by atoms with Gasteiger partial charge in [0, 0.05) is 6.42 Å². The Bertz CT molecular complexity index is 1790. The maximum atomic E-state index is 13.3. The number of nitrogens with one attached hydrogen (secondary N) is 1. The van der Waals surface area contributed by atoms with E-state index in [0.29, 0.717) is 6.42 Å². The van der Waals surface area contributed by atoms with E-state index in [0.717, 1.165) is 89.9 Å². The molecule has 0 saturated carbocycles. The molecule has 80 heavy (non-hydrogen) atoms. The number of amides is 1. The Hall–Kier alpha value is -3.03. The van der Waals surface area contributed by atoms with Crippen LogP contribution >= 0.6 is 0 Å². The Balaban J connectivity index is 1.50. The first-order valence-corrected chi connectivity index (χ1v) is 29.8. The average Bonchev–Trinajstić information content (AvgIpc) is 3.45.